The van der Waals surface area contributed by atoms with Gasteiger partial charge < -0.3 is 4.90 Å². The Morgan fingerprint density at radius 2 is 1.94 bits per heavy atom. The van der Waals surface area contributed by atoms with Crippen molar-refractivity contribution < 1.29 is 0 Å². The molecule has 87 valence electrons. The molecule has 0 saturated carbocycles. The SMILES string of the molecule is CC(CC1CCN(C)CC1)c1cc[c]cc1. The van der Waals surface area contributed by atoms with E-state index in [1.807, 2.05) is 12.1 Å². The Bertz CT molecular complexity index is 298. The molecule has 1 aromatic rings. The summed E-state index contributed by atoms with van der Waals surface area (Å²) in [6, 6.07) is 11.6. The summed E-state index contributed by atoms with van der Waals surface area (Å²) in [7, 11) is 2.23. The van der Waals surface area contributed by atoms with Crippen LogP contribution in [0.3, 0.4) is 0 Å². The highest BCUT2D eigenvalue weighted by molar-refractivity contribution is 5.18. The summed E-state index contributed by atoms with van der Waals surface area (Å²) < 4.78 is 0. The summed E-state index contributed by atoms with van der Waals surface area (Å²) in [6.07, 6.45) is 4.09. The van der Waals surface area contributed by atoms with E-state index in [4.69, 9.17) is 0 Å². The first kappa shape index (κ1) is 11.7. The van der Waals surface area contributed by atoms with E-state index in [-0.39, 0.29) is 0 Å². The predicted molar refractivity (Wildman–Crippen MR) is 68.5 cm³/mol. The molecule has 0 bridgehead atoms. The zero-order chi connectivity index (χ0) is 11.4. The van der Waals surface area contributed by atoms with Crippen molar-refractivity contribution in [2.45, 2.75) is 32.1 Å². The number of likely N-dealkylation sites (tertiary alicyclic amines) is 1. The molecular formula is C15H22N. The maximum Gasteiger partial charge on any atom is -0.00191 e. The molecule has 0 spiro atoms. The zero-order valence-corrected chi connectivity index (χ0v) is 10.4. The van der Waals surface area contributed by atoms with E-state index >= 15 is 0 Å². The van der Waals surface area contributed by atoms with Crippen LogP contribution in [-0.2, 0) is 0 Å². The molecule has 1 fully saturated rings. The predicted octanol–water partition coefficient (Wildman–Crippen LogP) is 3.32. The summed E-state index contributed by atoms with van der Waals surface area (Å²) >= 11 is 0. The summed E-state index contributed by atoms with van der Waals surface area (Å²) in [6.45, 7) is 4.91. The molecule has 1 heteroatoms. The molecule has 1 nitrogen and oxygen atoms in total. The van der Waals surface area contributed by atoms with E-state index in [2.05, 4.69) is 37.1 Å². The number of rotatable bonds is 3. The van der Waals surface area contributed by atoms with Crippen molar-refractivity contribution in [3.63, 3.8) is 0 Å². The van der Waals surface area contributed by atoms with Crippen LogP contribution in [0.15, 0.2) is 24.3 Å². The third kappa shape index (κ3) is 3.08. The van der Waals surface area contributed by atoms with Gasteiger partial charge in [-0.2, -0.15) is 0 Å². The Morgan fingerprint density at radius 1 is 1.31 bits per heavy atom. The standard InChI is InChI=1S/C15H22N/c1-13(15-6-4-3-5-7-15)12-14-8-10-16(2)11-9-14/h4-7,13-14H,8-12H2,1-2H3. The normalized spacial score (nSPS) is 20.9. The number of hydrogen-bond acceptors (Lipinski definition) is 1. The van der Waals surface area contributed by atoms with Gasteiger partial charge in [0, 0.05) is 0 Å². The van der Waals surface area contributed by atoms with Crippen LogP contribution in [0.25, 0.3) is 0 Å². The van der Waals surface area contributed by atoms with Gasteiger partial charge in [-0.25, -0.2) is 0 Å². The molecule has 1 aliphatic rings. The lowest BCUT2D eigenvalue weighted by Crippen LogP contribution is -2.30. The fraction of sp³-hybridized carbons (Fsp3) is 0.600. The summed E-state index contributed by atoms with van der Waals surface area (Å²) in [4.78, 5) is 2.44. The summed E-state index contributed by atoms with van der Waals surface area (Å²) in [5.41, 5.74) is 1.47. The second-order valence-corrected chi connectivity index (χ2v) is 5.22. The van der Waals surface area contributed by atoms with Gasteiger partial charge in [0.1, 0.15) is 0 Å². The van der Waals surface area contributed by atoms with Crippen LogP contribution in [0.2, 0.25) is 0 Å². The van der Waals surface area contributed by atoms with E-state index in [0.717, 1.165) is 5.92 Å². The average molecular weight is 216 g/mol. The highest BCUT2D eigenvalue weighted by Crippen LogP contribution is 2.28. The molecular weight excluding hydrogens is 194 g/mol. The van der Waals surface area contributed by atoms with Crippen LogP contribution in [0, 0.1) is 12.0 Å². The Kier molecular flexibility index (Phi) is 4.00. The Labute approximate surface area is 99.5 Å². The van der Waals surface area contributed by atoms with Crippen LogP contribution in [-0.4, -0.2) is 25.0 Å². The topological polar surface area (TPSA) is 3.24 Å². The highest BCUT2D eigenvalue weighted by Gasteiger charge is 2.19. The average Bonchev–Trinajstić information content (AvgIpc) is 2.33. The summed E-state index contributed by atoms with van der Waals surface area (Å²) in [5.74, 6) is 1.62. The molecule has 1 radical (unpaired) electrons. The van der Waals surface area contributed by atoms with Gasteiger partial charge >= 0.3 is 0 Å². The maximum absolute atomic E-state index is 3.09. The lowest BCUT2D eigenvalue weighted by molar-refractivity contribution is 0.207. The molecule has 1 heterocycles. The van der Waals surface area contributed by atoms with Crippen molar-refractivity contribution in [1.29, 1.82) is 0 Å². The van der Waals surface area contributed by atoms with E-state index in [1.54, 1.807) is 0 Å². The van der Waals surface area contributed by atoms with Crippen molar-refractivity contribution in [2.24, 2.45) is 5.92 Å². The monoisotopic (exact) mass is 216 g/mol. The Balaban J connectivity index is 1.86. The molecule has 0 aromatic heterocycles. The maximum atomic E-state index is 3.09. The summed E-state index contributed by atoms with van der Waals surface area (Å²) in [5, 5.41) is 0. The van der Waals surface area contributed by atoms with E-state index < -0.39 is 0 Å². The zero-order valence-electron chi connectivity index (χ0n) is 10.4. The Morgan fingerprint density at radius 3 is 2.56 bits per heavy atom. The molecule has 0 amide bonds. The lowest BCUT2D eigenvalue weighted by Gasteiger charge is -2.30. The fourth-order valence-electron chi connectivity index (χ4n) is 2.66. The second kappa shape index (κ2) is 5.49. The highest BCUT2D eigenvalue weighted by atomic mass is 15.1. The lowest BCUT2D eigenvalue weighted by atomic mass is 9.85. The fourth-order valence-corrected chi connectivity index (χ4v) is 2.66. The van der Waals surface area contributed by atoms with Crippen molar-refractivity contribution in [3.8, 4) is 0 Å². The van der Waals surface area contributed by atoms with Gasteiger partial charge in [-0.05, 0) is 62.9 Å². The second-order valence-electron chi connectivity index (χ2n) is 5.22. The van der Waals surface area contributed by atoms with Crippen molar-refractivity contribution >= 4 is 0 Å². The van der Waals surface area contributed by atoms with Crippen LogP contribution >= 0.6 is 0 Å². The van der Waals surface area contributed by atoms with Gasteiger partial charge in [0.15, 0.2) is 0 Å². The van der Waals surface area contributed by atoms with Crippen LogP contribution in [0.1, 0.15) is 37.7 Å². The first-order valence-corrected chi connectivity index (χ1v) is 6.40. The third-order valence-corrected chi connectivity index (χ3v) is 3.84. The minimum atomic E-state index is 0.697. The van der Waals surface area contributed by atoms with Gasteiger partial charge in [-0.1, -0.05) is 31.2 Å². The van der Waals surface area contributed by atoms with E-state index in [0.29, 0.717) is 5.92 Å². The molecule has 1 atom stereocenters. The molecule has 0 N–H and O–H groups in total. The van der Waals surface area contributed by atoms with Crippen LogP contribution in [0.4, 0.5) is 0 Å². The van der Waals surface area contributed by atoms with Crippen molar-refractivity contribution in [3.05, 3.63) is 35.9 Å². The number of hydrogen-bond donors (Lipinski definition) is 0. The minimum absolute atomic E-state index is 0.697. The van der Waals surface area contributed by atoms with E-state index in [9.17, 15) is 0 Å². The van der Waals surface area contributed by atoms with Crippen molar-refractivity contribution in [1.82, 2.24) is 4.90 Å². The Hall–Kier alpha value is -0.820. The number of benzene rings is 1. The quantitative estimate of drug-likeness (QED) is 0.749. The van der Waals surface area contributed by atoms with E-state index in [1.165, 1.54) is 37.9 Å². The molecule has 1 unspecified atom stereocenters. The van der Waals surface area contributed by atoms with Crippen molar-refractivity contribution in [2.75, 3.05) is 20.1 Å². The van der Waals surface area contributed by atoms with Gasteiger partial charge in [-0.3, -0.25) is 0 Å². The van der Waals surface area contributed by atoms with Gasteiger partial charge in [0.25, 0.3) is 0 Å². The molecule has 1 aromatic carbocycles. The smallest absolute Gasteiger partial charge is 0.00191 e. The first-order valence-electron chi connectivity index (χ1n) is 6.40. The molecule has 1 saturated heterocycles. The van der Waals surface area contributed by atoms with Crippen LogP contribution < -0.4 is 0 Å². The first-order chi connectivity index (χ1) is 7.75. The van der Waals surface area contributed by atoms with Gasteiger partial charge in [-0.15, -0.1) is 0 Å². The number of nitrogens with zero attached hydrogens (tertiary/aromatic N) is 1. The van der Waals surface area contributed by atoms with Gasteiger partial charge in [0.2, 0.25) is 0 Å². The largest absolute Gasteiger partial charge is 0.306 e. The van der Waals surface area contributed by atoms with Gasteiger partial charge in [0.05, 0.1) is 0 Å². The van der Waals surface area contributed by atoms with Crippen LogP contribution in [0.5, 0.6) is 0 Å². The number of piperidine rings is 1. The molecule has 16 heavy (non-hydrogen) atoms. The minimum Gasteiger partial charge on any atom is -0.306 e. The third-order valence-electron chi connectivity index (χ3n) is 3.84. The molecule has 2 rings (SSSR count). The molecule has 1 aliphatic heterocycles. The molecule has 0 aliphatic carbocycles.